The maximum atomic E-state index is 12.8. The number of phosphoric ester groups is 1. The number of hydrogen-bond acceptors (Lipinski definition) is 8. The third-order valence-electron chi connectivity index (χ3n) is 15.9. The number of unbranched alkanes of at least 4 members (excludes halogenated alkanes) is 53. The second-order valence-corrected chi connectivity index (χ2v) is 25.1. The molecule has 0 heterocycles. The molecule has 0 radical (unpaired) electrons. The molecule has 4 N–H and O–H groups in total. The van der Waals surface area contributed by atoms with E-state index in [0.717, 1.165) is 38.5 Å². The summed E-state index contributed by atoms with van der Waals surface area (Å²) in [6.07, 6.45) is 73.7. The molecule has 10 nitrogen and oxygen atoms in total. The highest BCUT2D eigenvalue weighted by molar-refractivity contribution is 7.47. The quantitative estimate of drug-likeness (QED) is 0.0305. The van der Waals surface area contributed by atoms with Crippen LogP contribution in [0.5, 0.6) is 0 Å². The maximum Gasteiger partial charge on any atom is 0.472 e. The molecule has 0 aromatic carbocycles. The Morgan fingerprint density at radius 2 is 0.597 bits per heavy atom. The number of ether oxygens (including phenoxy) is 2. The van der Waals surface area contributed by atoms with E-state index < -0.39 is 45.1 Å². The van der Waals surface area contributed by atoms with Gasteiger partial charge in [-0.1, -0.05) is 354 Å². The van der Waals surface area contributed by atoms with Crippen molar-refractivity contribution in [3.63, 3.8) is 0 Å². The van der Waals surface area contributed by atoms with Crippen molar-refractivity contribution in [2.75, 3.05) is 26.4 Å². The largest absolute Gasteiger partial charge is 0.480 e. The average molecular weight is 1110 g/mol. The lowest BCUT2D eigenvalue weighted by atomic mass is 10.0. The maximum absolute atomic E-state index is 12.8. The van der Waals surface area contributed by atoms with Gasteiger partial charge in [-0.3, -0.25) is 18.6 Å². The fourth-order valence-electron chi connectivity index (χ4n) is 10.7. The number of nitrogens with two attached hydrogens (primary N) is 1. The number of carbonyl (C=O) groups excluding carboxylic acids is 1. The standard InChI is InChI=1S/C66H132NO9P/c1-3-5-7-9-11-13-15-17-19-21-23-25-26-27-28-29-30-31-32-33-34-35-36-37-38-39-40-42-44-46-48-50-52-54-56-58-65(68)76-63(61-74-77(71,72)75-62-64(67)66(69)70)60-73-59-57-55-53-51-49-47-45-43-41-24-22-20-18-16-14-12-10-8-6-4-2/h63-64H,3-62,67H2,1-2H3,(H,69,70)(H,71,72)/t63-,64+/m1/s1. The smallest absolute Gasteiger partial charge is 0.472 e. The van der Waals surface area contributed by atoms with Crippen molar-refractivity contribution in [1.29, 1.82) is 0 Å². The first-order chi connectivity index (χ1) is 37.7. The molecule has 0 aliphatic heterocycles. The van der Waals surface area contributed by atoms with Gasteiger partial charge in [0.1, 0.15) is 12.1 Å². The summed E-state index contributed by atoms with van der Waals surface area (Å²) >= 11 is 0. The highest BCUT2D eigenvalue weighted by atomic mass is 31.2. The van der Waals surface area contributed by atoms with Crippen LogP contribution in [0.25, 0.3) is 0 Å². The van der Waals surface area contributed by atoms with E-state index in [1.165, 1.54) is 315 Å². The fraction of sp³-hybridized carbons (Fsp3) is 0.970. The lowest BCUT2D eigenvalue weighted by Gasteiger charge is -2.20. The van der Waals surface area contributed by atoms with E-state index in [9.17, 15) is 19.0 Å². The number of carboxylic acids is 1. The Kier molecular flexibility index (Phi) is 61.7. The number of rotatable bonds is 67. The van der Waals surface area contributed by atoms with Gasteiger partial charge in [-0.2, -0.15) is 0 Å². The molecule has 0 aromatic heterocycles. The molecule has 0 amide bonds. The number of carbonyl (C=O) groups is 2. The lowest BCUT2D eigenvalue weighted by molar-refractivity contribution is -0.154. The van der Waals surface area contributed by atoms with Crippen LogP contribution in [0.4, 0.5) is 0 Å². The van der Waals surface area contributed by atoms with E-state index in [1.54, 1.807) is 0 Å². The number of hydrogen-bond donors (Lipinski definition) is 3. The molecular formula is C66H132NO9P. The molecular weight excluding hydrogens is 982 g/mol. The van der Waals surface area contributed by atoms with Crippen LogP contribution in [0.2, 0.25) is 0 Å². The third kappa shape index (κ3) is 62.4. The number of carboxylic acid groups (broad SMARTS) is 1. The zero-order valence-electron chi connectivity index (χ0n) is 51.4. The average Bonchev–Trinajstić information content (AvgIpc) is 3.41. The van der Waals surface area contributed by atoms with Crippen molar-refractivity contribution in [2.24, 2.45) is 5.73 Å². The van der Waals surface area contributed by atoms with Gasteiger partial charge in [0.15, 0.2) is 0 Å². The van der Waals surface area contributed by atoms with E-state index in [2.05, 4.69) is 13.8 Å². The minimum absolute atomic E-state index is 0.0270. The SMILES string of the molecule is CCCCCCCCCCCCCCCCCCCCCCCCCCCCCCCCCCCCCC(=O)O[C@H](COCCCCCCCCCCCCCCCCCCCCCC)COP(=O)(O)OC[C@H](N)C(=O)O. The van der Waals surface area contributed by atoms with Crippen LogP contribution in [0, 0.1) is 0 Å². The molecule has 0 saturated heterocycles. The summed E-state index contributed by atoms with van der Waals surface area (Å²) in [6.45, 7) is 3.99. The molecule has 0 aliphatic rings. The summed E-state index contributed by atoms with van der Waals surface area (Å²) in [4.78, 5) is 33.9. The minimum atomic E-state index is -4.62. The second kappa shape index (κ2) is 62.6. The van der Waals surface area contributed by atoms with Crippen molar-refractivity contribution < 1.29 is 42.7 Å². The summed E-state index contributed by atoms with van der Waals surface area (Å²) in [7, 11) is -4.62. The van der Waals surface area contributed by atoms with Gasteiger partial charge in [0, 0.05) is 13.0 Å². The number of esters is 1. The Balaban J connectivity index is 3.84. The molecule has 1 unspecified atom stereocenters. The second-order valence-electron chi connectivity index (χ2n) is 23.7. The van der Waals surface area contributed by atoms with Crippen molar-refractivity contribution in [3.05, 3.63) is 0 Å². The Morgan fingerprint density at radius 1 is 0.364 bits per heavy atom. The monoisotopic (exact) mass is 1110 g/mol. The van der Waals surface area contributed by atoms with Crippen molar-refractivity contribution in [2.45, 2.75) is 386 Å². The fourth-order valence-corrected chi connectivity index (χ4v) is 11.4. The van der Waals surface area contributed by atoms with Crippen LogP contribution in [-0.2, 0) is 32.7 Å². The van der Waals surface area contributed by atoms with Crippen molar-refractivity contribution in [1.82, 2.24) is 0 Å². The Labute approximate surface area is 478 Å². The van der Waals surface area contributed by atoms with E-state index >= 15 is 0 Å². The Hall–Kier alpha value is -1.03. The molecule has 0 rings (SSSR count). The number of phosphoric acid groups is 1. The van der Waals surface area contributed by atoms with Crippen LogP contribution in [-0.4, -0.2) is 60.5 Å². The first-order valence-corrected chi connectivity index (χ1v) is 35.6. The van der Waals surface area contributed by atoms with Gasteiger partial charge in [0.05, 0.1) is 19.8 Å². The third-order valence-corrected chi connectivity index (χ3v) is 16.8. The zero-order valence-corrected chi connectivity index (χ0v) is 52.3. The highest BCUT2D eigenvalue weighted by Crippen LogP contribution is 2.43. The molecule has 460 valence electrons. The molecule has 0 aromatic rings. The summed E-state index contributed by atoms with van der Waals surface area (Å²) in [5.41, 5.74) is 5.40. The van der Waals surface area contributed by atoms with E-state index in [4.69, 9.17) is 29.4 Å². The molecule has 0 aliphatic carbocycles. The lowest BCUT2D eigenvalue weighted by Crippen LogP contribution is -2.34. The predicted molar refractivity (Wildman–Crippen MR) is 328 cm³/mol. The van der Waals surface area contributed by atoms with Gasteiger partial charge in [-0.25, -0.2) is 4.57 Å². The van der Waals surface area contributed by atoms with Crippen LogP contribution in [0.15, 0.2) is 0 Å². The molecule has 0 saturated carbocycles. The van der Waals surface area contributed by atoms with Crippen LogP contribution < -0.4 is 5.73 Å². The molecule has 77 heavy (non-hydrogen) atoms. The zero-order chi connectivity index (χ0) is 56.1. The van der Waals surface area contributed by atoms with Gasteiger partial charge in [-0.15, -0.1) is 0 Å². The highest BCUT2D eigenvalue weighted by Gasteiger charge is 2.27. The van der Waals surface area contributed by atoms with E-state index in [0.29, 0.717) is 6.61 Å². The first kappa shape index (κ1) is 76.0. The van der Waals surface area contributed by atoms with Gasteiger partial charge in [0.2, 0.25) is 0 Å². The molecule has 0 spiro atoms. The molecule has 3 atom stereocenters. The van der Waals surface area contributed by atoms with Gasteiger partial charge < -0.3 is 25.2 Å². The van der Waals surface area contributed by atoms with E-state index in [-0.39, 0.29) is 13.0 Å². The summed E-state index contributed by atoms with van der Waals surface area (Å²) in [5, 5.41) is 8.97. The topological polar surface area (TPSA) is 155 Å². The van der Waals surface area contributed by atoms with Crippen molar-refractivity contribution >= 4 is 19.8 Å². The van der Waals surface area contributed by atoms with Gasteiger partial charge in [0.25, 0.3) is 0 Å². The summed E-state index contributed by atoms with van der Waals surface area (Å²) < 4.78 is 33.7. The molecule has 11 heteroatoms. The number of aliphatic carboxylic acids is 1. The van der Waals surface area contributed by atoms with Crippen LogP contribution in [0.3, 0.4) is 0 Å². The minimum Gasteiger partial charge on any atom is -0.480 e. The molecule has 0 bridgehead atoms. The van der Waals surface area contributed by atoms with E-state index in [1.807, 2.05) is 0 Å². The molecule has 0 fully saturated rings. The predicted octanol–water partition coefficient (Wildman–Crippen LogP) is 21.3. The summed E-state index contributed by atoms with van der Waals surface area (Å²) in [6, 6.07) is -1.47. The van der Waals surface area contributed by atoms with Crippen LogP contribution >= 0.6 is 7.82 Å². The van der Waals surface area contributed by atoms with Gasteiger partial charge in [-0.05, 0) is 12.8 Å². The van der Waals surface area contributed by atoms with Gasteiger partial charge >= 0.3 is 19.8 Å². The Bertz CT molecular complexity index is 1240. The first-order valence-electron chi connectivity index (χ1n) is 34.1. The summed E-state index contributed by atoms with van der Waals surface area (Å²) in [5.74, 6) is -1.75. The van der Waals surface area contributed by atoms with Crippen molar-refractivity contribution in [3.8, 4) is 0 Å². The normalized spacial score (nSPS) is 13.3. The van der Waals surface area contributed by atoms with Crippen LogP contribution in [0.1, 0.15) is 373 Å². The Morgan fingerprint density at radius 3 is 0.857 bits per heavy atom.